The van der Waals surface area contributed by atoms with Crippen molar-refractivity contribution in [2.24, 2.45) is 0 Å². The van der Waals surface area contributed by atoms with E-state index in [1.54, 1.807) is 6.07 Å². The lowest BCUT2D eigenvalue weighted by Gasteiger charge is -2.14. The highest BCUT2D eigenvalue weighted by atomic mass is 79.9. The Hall–Kier alpha value is -2.10. The molecule has 0 aliphatic rings. The maximum atomic E-state index is 12.7. The van der Waals surface area contributed by atoms with Gasteiger partial charge in [0.05, 0.1) is 30.1 Å². The molecule has 6 nitrogen and oxygen atoms in total. The van der Waals surface area contributed by atoms with Crippen molar-refractivity contribution in [2.45, 2.75) is 13.8 Å². The molecule has 0 spiro atoms. The minimum Gasteiger partial charge on any atom is -0.496 e. The number of thiocarbonyl (C=S) groups is 1. The molecule has 0 bridgehead atoms. The predicted molar refractivity (Wildman–Crippen MR) is 111 cm³/mol. The van der Waals surface area contributed by atoms with Crippen molar-refractivity contribution in [2.75, 3.05) is 12.4 Å². The number of benzene rings is 2. The highest BCUT2D eigenvalue weighted by molar-refractivity contribution is 9.10. The summed E-state index contributed by atoms with van der Waals surface area (Å²) in [5.74, 6) is 0.153. The Bertz CT molecular complexity index is 1020. The summed E-state index contributed by atoms with van der Waals surface area (Å²) in [6, 6.07) is 7.40. The smallest absolute Gasteiger partial charge is 0.261 e. The van der Waals surface area contributed by atoms with Gasteiger partial charge in [-0.05, 0) is 55.4 Å². The minimum absolute atomic E-state index is 0.179. The lowest BCUT2D eigenvalue weighted by molar-refractivity contribution is 0.0974. The van der Waals surface area contributed by atoms with Crippen LogP contribution in [0.5, 0.6) is 5.75 Å². The molecule has 0 unspecified atom stereocenters. The molecule has 0 atom stereocenters. The van der Waals surface area contributed by atoms with Gasteiger partial charge >= 0.3 is 0 Å². The largest absolute Gasteiger partial charge is 0.496 e. The van der Waals surface area contributed by atoms with Crippen LogP contribution in [0, 0.1) is 13.8 Å². The van der Waals surface area contributed by atoms with E-state index in [9.17, 15) is 4.79 Å². The van der Waals surface area contributed by atoms with E-state index in [4.69, 9.17) is 17.0 Å². The molecule has 0 aliphatic heterocycles. The zero-order valence-electron chi connectivity index (χ0n) is 14.2. The first kappa shape index (κ1) is 18.7. The van der Waals surface area contributed by atoms with Crippen molar-refractivity contribution in [3.8, 4) is 5.75 Å². The summed E-state index contributed by atoms with van der Waals surface area (Å²) in [6.07, 6.45) is 0. The molecular weight excluding hydrogens is 436 g/mol. The van der Waals surface area contributed by atoms with E-state index < -0.39 is 0 Å². The number of hydrogen-bond acceptors (Lipinski definition) is 6. The zero-order chi connectivity index (χ0) is 18.8. The number of aromatic nitrogens is 2. The van der Waals surface area contributed by atoms with Crippen LogP contribution < -0.4 is 15.4 Å². The molecule has 134 valence electrons. The van der Waals surface area contributed by atoms with Gasteiger partial charge in [0.25, 0.3) is 5.91 Å². The fourth-order valence-corrected chi connectivity index (χ4v) is 3.90. The number of rotatable bonds is 3. The van der Waals surface area contributed by atoms with Gasteiger partial charge in [0, 0.05) is 4.47 Å². The summed E-state index contributed by atoms with van der Waals surface area (Å²) < 4.78 is 14.6. The van der Waals surface area contributed by atoms with Gasteiger partial charge in [-0.25, -0.2) is 0 Å². The third-order valence-electron chi connectivity index (χ3n) is 3.79. The molecule has 1 aromatic heterocycles. The average molecular weight is 451 g/mol. The Labute approximate surface area is 168 Å². The van der Waals surface area contributed by atoms with Crippen LogP contribution in [-0.4, -0.2) is 26.9 Å². The number of halogens is 1. The second kappa shape index (κ2) is 7.65. The predicted octanol–water partition coefficient (Wildman–Crippen LogP) is 4.21. The van der Waals surface area contributed by atoms with Crippen molar-refractivity contribution >= 4 is 67.6 Å². The van der Waals surface area contributed by atoms with E-state index in [1.165, 1.54) is 7.11 Å². The average Bonchev–Trinajstić information content (AvgIpc) is 3.05. The van der Waals surface area contributed by atoms with Gasteiger partial charge in [-0.1, -0.05) is 22.0 Å². The number of aryl methyl sites for hydroxylation is 2. The Kier molecular flexibility index (Phi) is 5.49. The summed E-state index contributed by atoms with van der Waals surface area (Å²) in [6.45, 7) is 3.81. The Morgan fingerprint density at radius 1 is 1.23 bits per heavy atom. The highest BCUT2D eigenvalue weighted by Gasteiger charge is 2.18. The maximum absolute atomic E-state index is 12.7. The molecule has 1 heterocycles. The molecule has 2 aromatic carbocycles. The van der Waals surface area contributed by atoms with E-state index in [0.717, 1.165) is 44.0 Å². The summed E-state index contributed by atoms with van der Waals surface area (Å²) in [5, 5.41) is 5.93. The van der Waals surface area contributed by atoms with Gasteiger partial charge in [-0.2, -0.15) is 8.75 Å². The molecular formula is C17H15BrN4O2S2. The van der Waals surface area contributed by atoms with Crippen LogP contribution in [0.3, 0.4) is 0 Å². The van der Waals surface area contributed by atoms with E-state index in [-0.39, 0.29) is 11.0 Å². The number of nitrogens with one attached hydrogen (secondary N) is 2. The van der Waals surface area contributed by atoms with Crippen molar-refractivity contribution in [3.63, 3.8) is 0 Å². The highest BCUT2D eigenvalue weighted by Crippen LogP contribution is 2.28. The molecule has 2 N–H and O–H groups in total. The van der Waals surface area contributed by atoms with E-state index in [0.29, 0.717) is 11.3 Å². The van der Waals surface area contributed by atoms with Crippen LogP contribution in [-0.2, 0) is 0 Å². The number of amides is 1. The van der Waals surface area contributed by atoms with Crippen molar-refractivity contribution < 1.29 is 9.53 Å². The molecule has 0 aliphatic carbocycles. The number of carbonyl (C=O) groups is 1. The normalized spacial score (nSPS) is 10.6. The number of nitrogens with zero attached hydrogens (tertiary/aromatic N) is 2. The lowest BCUT2D eigenvalue weighted by Crippen LogP contribution is -2.34. The molecule has 3 aromatic rings. The first-order valence-electron chi connectivity index (χ1n) is 7.59. The fraction of sp³-hybridized carbons (Fsp3) is 0.176. The maximum Gasteiger partial charge on any atom is 0.261 e. The van der Waals surface area contributed by atoms with Crippen LogP contribution in [0.1, 0.15) is 21.5 Å². The number of anilines is 1. The van der Waals surface area contributed by atoms with E-state index >= 15 is 0 Å². The molecule has 0 fully saturated rings. The number of hydrogen-bond donors (Lipinski definition) is 2. The SMILES string of the molecule is COc1c(C)cc(Br)cc1C(=O)NC(=S)Nc1c(C)ccc2nsnc12. The summed E-state index contributed by atoms with van der Waals surface area (Å²) in [5.41, 5.74) is 4.44. The van der Waals surface area contributed by atoms with Crippen molar-refractivity contribution in [1.29, 1.82) is 0 Å². The van der Waals surface area contributed by atoms with Crippen LogP contribution >= 0.6 is 39.9 Å². The second-order valence-corrected chi connectivity index (χ2v) is 7.45. The lowest BCUT2D eigenvalue weighted by atomic mass is 10.1. The third-order valence-corrected chi connectivity index (χ3v) is 4.99. The third kappa shape index (κ3) is 3.69. The number of carbonyl (C=O) groups excluding carboxylic acids is 1. The zero-order valence-corrected chi connectivity index (χ0v) is 17.4. The molecule has 0 radical (unpaired) electrons. The molecule has 9 heteroatoms. The van der Waals surface area contributed by atoms with E-state index in [1.807, 2.05) is 32.0 Å². The van der Waals surface area contributed by atoms with Crippen LogP contribution in [0.4, 0.5) is 5.69 Å². The van der Waals surface area contributed by atoms with Crippen molar-refractivity contribution in [1.82, 2.24) is 14.1 Å². The standard InChI is InChI=1S/C17H15BrN4O2S2/c1-8-4-5-12-14(22-26-21-12)13(8)19-17(25)20-16(23)11-7-10(18)6-9(2)15(11)24-3/h4-7H,1-3H3,(H2,19,20,23,25). The van der Waals surface area contributed by atoms with Crippen molar-refractivity contribution in [3.05, 3.63) is 45.4 Å². The monoisotopic (exact) mass is 450 g/mol. The first-order valence-corrected chi connectivity index (χ1v) is 9.52. The van der Waals surface area contributed by atoms with Gasteiger partial charge in [-0.15, -0.1) is 0 Å². The molecule has 1 amide bonds. The second-order valence-electron chi connectivity index (χ2n) is 5.60. The Morgan fingerprint density at radius 3 is 2.73 bits per heavy atom. The first-order chi connectivity index (χ1) is 12.4. The quantitative estimate of drug-likeness (QED) is 0.582. The molecule has 0 saturated heterocycles. The van der Waals surface area contributed by atoms with Crippen LogP contribution in [0.25, 0.3) is 11.0 Å². The topological polar surface area (TPSA) is 76.1 Å². The van der Waals surface area contributed by atoms with Gasteiger partial charge in [0.15, 0.2) is 5.11 Å². The Morgan fingerprint density at radius 2 is 2.00 bits per heavy atom. The fourth-order valence-electron chi connectivity index (χ4n) is 2.59. The molecule has 0 saturated carbocycles. The summed E-state index contributed by atoms with van der Waals surface area (Å²) >= 11 is 9.84. The summed E-state index contributed by atoms with van der Waals surface area (Å²) in [7, 11) is 1.53. The minimum atomic E-state index is -0.356. The molecule has 3 rings (SSSR count). The van der Waals surface area contributed by atoms with Gasteiger partial charge in [0.2, 0.25) is 0 Å². The number of methoxy groups -OCH3 is 1. The number of ether oxygens (including phenoxy) is 1. The van der Waals surface area contributed by atoms with E-state index in [2.05, 4.69) is 35.3 Å². The van der Waals surface area contributed by atoms with Crippen LogP contribution in [0.15, 0.2) is 28.7 Å². The van der Waals surface area contributed by atoms with Crippen LogP contribution in [0.2, 0.25) is 0 Å². The Balaban J connectivity index is 1.83. The molecule has 26 heavy (non-hydrogen) atoms. The number of fused-ring (bicyclic) bond motifs is 1. The van der Waals surface area contributed by atoms with Gasteiger partial charge < -0.3 is 10.1 Å². The van der Waals surface area contributed by atoms with Gasteiger partial charge in [0.1, 0.15) is 16.8 Å². The summed E-state index contributed by atoms with van der Waals surface area (Å²) in [4.78, 5) is 12.7. The van der Waals surface area contributed by atoms with Gasteiger partial charge in [-0.3, -0.25) is 10.1 Å².